The van der Waals surface area contributed by atoms with Crippen molar-refractivity contribution in [1.29, 1.82) is 0 Å². The van der Waals surface area contributed by atoms with Gasteiger partial charge in [0.2, 0.25) is 0 Å². The molecule has 2 N–H and O–H groups in total. The maximum Gasteiger partial charge on any atom is 0.137 e. The van der Waals surface area contributed by atoms with Crippen LogP contribution in [0, 0.1) is 11.2 Å². The Labute approximate surface area is 104 Å². The van der Waals surface area contributed by atoms with Gasteiger partial charge >= 0.3 is 0 Å². The van der Waals surface area contributed by atoms with E-state index < -0.39 is 0 Å². The second-order valence-corrected chi connectivity index (χ2v) is 5.40. The highest BCUT2D eigenvalue weighted by molar-refractivity contribution is 9.10. The zero-order valence-corrected chi connectivity index (χ0v) is 11.2. The van der Waals surface area contributed by atoms with Crippen molar-refractivity contribution in [2.45, 2.75) is 20.3 Å². The van der Waals surface area contributed by atoms with E-state index in [9.17, 15) is 4.39 Å². The van der Waals surface area contributed by atoms with Crippen molar-refractivity contribution in [1.82, 2.24) is 0 Å². The molecule has 0 heterocycles. The van der Waals surface area contributed by atoms with Crippen LogP contribution in [0.5, 0.6) is 5.75 Å². The molecule has 0 aromatic heterocycles. The van der Waals surface area contributed by atoms with Gasteiger partial charge in [-0.05, 0) is 52.5 Å². The van der Waals surface area contributed by atoms with Crippen molar-refractivity contribution in [3.8, 4) is 5.75 Å². The van der Waals surface area contributed by atoms with E-state index in [1.54, 1.807) is 12.1 Å². The quantitative estimate of drug-likeness (QED) is 0.902. The molecule has 0 saturated carbocycles. The van der Waals surface area contributed by atoms with Gasteiger partial charge in [0.05, 0.1) is 11.1 Å². The molecule has 0 unspecified atom stereocenters. The summed E-state index contributed by atoms with van der Waals surface area (Å²) in [6, 6.07) is 4.63. The van der Waals surface area contributed by atoms with Crippen molar-refractivity contribution >= 4 is 15.9 Å². The van der Waals surface area contributed by atoms with Crippen LogP contribution in [0.1, 0.15) is 20.3 Å². The minimum absolute atomic E-state index is 0.0806. The van der Waals surface area contributed by atoms with Crippen LogP contribution in [0.25, 0.3) is 0 Å². The molecule has 0 fully saturated rings. The lowest BCUT2D eigenvalue weighted by atomic mass is 9.90. The molecule has 0 atom stereocenters. The molecule has 0 saturated heterocycles. The van der Waals surface area contributed by atoms with Crippen LogP contribution in [0.3, 0.4) is 0 Å². The minimum Gasteiger partial charge on any atom is -0.494 e. The third kappa shape index (κ3) is 4.10. The van der Waals surface area contributed by atoms with E-state index in [-0.39, 0.29) is 11.2 Å². The van der Waals surface area contributed by atoms with Crippen LogP contribution < -0.4 is 10.5 Å². The van der Waals surface area contributed by atoms with E-state index in [0.717, 1.165) is 6.42 Å². The molecule has 0 aliphatic rings. The summed E-state index contributed by atoms with van der Waals surface area (Å²) >= 11 is 3.12. The highest BCUT2D eigenvalue weighted by Crippen LogP contribution is 2.23. The maximum atomic E-state index is 12.9. The molecule has 1 aromatic carbocycles. The van der Waals surface area contributed by atoms with Crippen LogP contribution in [0.2, 0.25) is 0 Å². The van der Waals surface area contributed by atoms with Gasteiger partial charge < -0.3 is 10.5 Å². The van der Waals surface area contributed by atoms with Crippen molar-refractivity contribution in [2.75, 3.05) is 13.2 Å². The average Bonchev–Trinajstić information content (AvgIpc) is 2.23. The monoisotopic (exact) mass is 289 g/mol. The van der Waals surface area contributed by atoms with Crippen molar-refractivity contribution in [3.05, 3.63) is 28.5 Å². The summed E-state index contributed by atoms with van der Waals surface area (Å²) in [5.74, 6) is 0.385. The first-order chi connectivity index (χ1) is 7.44. The molecule has 0 spiro atoms. The van der Waals surface area contributed by atoms with Gasteiger partial charge in [0.1, 0.15) is 11.6 Å². The van der Waals surface area contributed by atoms with Gasteiger partial charge in [-0.3, -0.25) is 0 Å². The van der Waals surface area contributed by atoms with Crippen LogP contribution >= 0.6 is 15.9 Å². The lowest BCUT2D eigenvalue weighted by Gasteiger charge is -2.22. The zero-order valence-electron chi connectivity index (χ0n) is 9.59. The predicted molar refractivity (Wildman–Crippen MR) is 67.0 cm³/mol. The first-order valence-corrected chi connectivity index (χ1v) is 6.02. The third-order valence-corrected chi connectivity index (χ3v) is 3.10. The fraction of sp³-hybridized carbons (Fsp3) is 0.500. The molecule has 1 rings (SSSR count). The summed E-state index contributed by atoms with van der Waals surface area (Å²) in [4.78, 5) is 0. The number of hydrogen-bond donors (Lipinski definition) is 1. The highest BCUT2D eigenvalue weighted by Gasteiger charge is 2.15. The lowest BCUT2D eigenvalue weighted by Crippen LogP contribution is -2.25. The molecule has 90 valence electrons. The van der Waals surface area contributed by atoms with Gasteiger partial charge in [-0.1, -0.05) is 13.8 Å². The molecule has 0 bridgehead atoms. The van der Waals surface area contributed by atoms with Gasteiger partial charge in [0.25, 0.3) is 0 Å². The van der Waals surface area contributed by atoms with Gasteiger partial charge in [-0.15, -0.1) is 0 Å². The van der Waals surface area contributed by atoms with Gasteiger partial charge in [0.15, 0.2) is 0 Å². The number of benzene rings is 1. The number of rotatable bonds is 5. The van der Waals surface area contributed by atoms with E-state index in [0.29, 0.717) is 23.4 Å². The Morgan fingerprint density at radius 2 is 2.12 bits per heavy atom. The molecular formula is C12H17BrFNO. The molecule has 0 aliphatic carbocycles. The Hall–Kier alpha value is -0.610. The number of halogens is 2. The van der Waals surface area contributed by atoms with Crippen molar-refractivity contribution in [3.63, 3.8) is 0 Å². The van der Waals surface area contributed by atoms with Crippen LogP contribution in [0.15, 0.2) is 22.7 Å². The number of hydrogen-bond acceptors (Lipinski definition) is 2. The average molecular weight is 290 g/mol. The standard InChI is InChI=1S/C12H17BrFNO/c1-12(2,8-15)5-6-16-9-3-4-11(14)10(13)7-9/h3-4,7H,5-6,8,15H2,1-2H3. The fourth-order valence-corrected chi connectivity index (χ4v) is 1.47. The lowest BCUT2D eigenvalue weighted by molar-refractivity contribution is 0.233. The minimum atomic E-state index is -0.283. The topological polar surface area (TPSA) is 35.2 Å². The first kappa shape index (κ1) is 13.5. The summed E-state index contributed by atoms with van der Waals surface area (Å²) in [7, 11) is 0. The smallest absolute Gasteiger partial charge is 0.137 e. The van der Waals surface area contributed by atoms with Crippen LogP contribution in [0.4, 0.5) is 4.39 Å². The molecule has 4 heteroatoms. The summed E-state index contributed by atoms with van der Waals surface area (Å²) < 4.78 is 18.9. The van der Waals surface area contributed by atoms with E-state index in [2.05, 4.69) is 29.8 Å². The SMILES string of the molecule is CC(C)(CN)CCOc1ccc(F)c(Br)c1. The van der Waals surface area contributed by atoms with E-state index in [1.807, 2.05) is 0 Å². The second-order valence-electron chi connectivity index (χ2n) is 4.54. The van der Waals surface area contributed by atoms with Gasteiger partial charge in [-0.2, -0.15) is 0 Å². The Bertz CT molecular complexity index is 355. The molecule has 16 heavy (non-hydrogen) atoms. The highest BCUT2D eigenvalue weighted by atomic mass is 79.9. The Balaban J connectivity index is 2.46. The Morgan fingerprint density at radius 1 is 1.44 bits per heavy atom. The third-order valence-electron chi connectivity index (χ3n) is 2.49. The van der Waals surface area contributed by atoms with Gasteiger partial charge in [0, 0.05) is 0 Å². The van der Waals surface area contributed by atoms with Crippen molar-refractivity contribution < 1.29 is 9.13 Å². The molecule has 2 nitrogen and oxygen atoms in total. The van der Waals surface area contributed by atoms with E-state index in [4.69, 9.17) is 10.5 Å². The summed E-state index contributed by atoms with van der Waals surface area (Å²) in [6.07, 6.45) is 0.874. The van der Waals surface area contributed by atoms with Crippen LogP contribution in [-0.4, -0.2) is 13.2 Å². The maximum absolute atomic E-state index is 12.9. The number of ether oxygens (including phenoxy) is 1. The van der Waals surface area contributed by atoms with Gasteiger partial charge in [-0.25, -0.2) is 4.39 Å². The second kappa shape index (κ2) is 5.64. The molecule has 0 amide bonds. The predicted octanol–water partition coefficient (Wildman–Crippen LogP) is 3.34. The normalized spacial score (nSPS) is 11.6. The summed E-state index contributed by atoms with van der Waals surface area (Å²) in [5.41, 5.74) is 5.70. The van der Waals surface area contributed by atoms with Crippen molar-refractivity contribution in [2.24, 2.45) is 11.1 Å². The molecular weight excluding hydrogens is 273 g/mol. The largest absolute Gasteiger partial charge is 0.494 e. The zero-order chi connectivity index (χ0) is 12.2. The molecule has 1 aromatic rings. The first-order valence-electron chi connectivity index (χ1n) is 5.22. The molecule has 0 aliphatic heterocycles. The fourth-order valence-electron chi connectivity index (χ4n) is 1.11. The van der Waals surface area contributed by atoms with E-state index in [1.165, 1.54) is 6.07 Å². The van der Waals surface area contributed by atoms with Crippen LogP contribution in [-0.2, 0) is 0 Å². The summed E-state index contributed by atoms with van der Waals surface area (Å²) in [6.45, 7) is 5.40. The molecule has 0 radical (unpaired) electrons. The Morgan fingerprint density at radius 3 is 2.69 bits per heavy atom. The van der Waals surface area contributed by atoms with E-state index >= 15 is 0 Å². The summed E-state index contributed by atoms with van der Waals surface area (Å²) in [5, 5.41) is 0. The number of nitrogens with two attached hydrogens (primary N) is 1. The Kier molecular flexibility index (Phi) is 4.74.